The fourth-order valence-corrected chi connectivity index (χ4v) is 3.61. The minimum absolute atomic E-state index is 0.0291. The largest absolute Gasteiger partial charge is 0.494 e. The molecule has 2 aromatic rings. The maximum atomic E-state index is 12.4. The van der Waals surface area contributed by atoms with Crippen LogP contribution in [0.1, 0.15) is 13.8 Å². The predicted octanol–water partition coefficient (Wildman–Crippen LogP) is 3.70. The Morgan fingerprint density at radius 1 is 1.15 bits per heavy atom. The minimum atomic E-state index is -3.87. The zero-order valence-electron chi connectivity index (χ0n) is 14.1. The van der Waals surface area contributed by atoms with Crippen molar-refractivity contribution in [1.29, 1.82) is 0 Å². The van der Waals surface area contributed by atoms with Crippen LogP contribution in [-0.4, -0.2) is 27.0 Å². The third kappa shape index (κ3) is 5.35. The lowest BCUT2D eigenvalue weighted by molar-refractivity contribution is -0.117. The molecular formula is C17H18Cl2N2O4S. The molecule has 0 radical (unpaired) electrons. The molecule has 140 valence electrons. The molecule has 0 saturated carbocycles. The highest BCUT2D eigenvalue weighted by Crippen LogP contribution is 2.25. The summed E-state index contributed by atoms with van der Waals surface area (Å²) in [6.45, 7) is 3.74. The fourth-order valence-electron chi connectivity index (χ4n) is 2.07. The number of anilines is 1. The van der Waals surface area contributed by atoms with Gasteiger partial charge in [0, 0.05) is 5.02 Å². The molecule has 0 aliphatic rings. The average Bonchev–Trinajstić information content (AvgIpc) is 2.58. The summed E-state index contributed by atoms with van der Waals surface area (Å²) in [5.41, 5.74) is 0.302. The van der Waals surface area contributed by atoms with Crippen LogP contribution in [0.25, 0.3) is 0 Å². The highest BCUT2D eigenvalue weighted by atomic mass is 35.5. The van der Waals surface area contributed by atoms with E-state index in [0.717, 1.165) is 0 Å². The Morgan fingerprint density at radius 2 is 1.81 bits per heavy atom. The number of amides is 1. The summed E-state index contributed by atoms with van der Waals surface area (Å²) >= 11 is 11.9. The number of hydrogen-bond acceptors (Lipinski definition) is 4. The van der Waals surface area contributed by atoms with Crippen LogP contribution < -0.4 is 14.8 Å². The number of nitrogens with one attached hydrogen (secondary N) is 2. The highest BCUT2D eigenvalue weighted by molar-refractivity contribution is 7.89. The number of rotatable bonds is 7. The van der Waals surface area contributed by atoms with Gasteiger partial charge in [-0.2, -0.15) is 4.72 Å². The van der Waals surface area contributed by atoms with E-state index in [4.69, 9.17) is 27.9 Å². The Hall–Kier alpha value is -1.80. The van der Waals surface area contributed by atoms with E-state index in [1.54, 1.807) is 18.2 Å². The second-order valence-corrected chi connectivity index (χ2v) is 7.92. The van der Waals surface area contributed by atoms with E-state index in [-0.39, 0.29) is 4.90 Å². The molecule has 0 spiro atoms. The van der Waals surface area contributed by atoms with Gasteiger partial charge in [-0.05, 0) is 56.3 Å². The van der Waals surface area contributed by atoms with Crippen molar-refractivity contribution >= 4 is 44.8 Å². The lowest BCUT2D eigenvalue weighted by Crippen LogP contribution is -2.41. The van der Waals surface area contributed by atoms with Gasteiger partial charge in [-0.25, -0.2) is 8.42 Å². The van der Waals surface area contributed by atoms with Gasteiger partial charge in [0.05, 0.1) is 28.3 Å². The molecule has 2 aromatic carbocycles. The van der Waals surface area contributed by atoms with Gasteiger partial charge in [-0.3, -0.25) is 4.79 Å². The van der Waals surface area contributed by atoms with Crippen LogP contribution in [0.3, 0.4) is 0 Å². The number of carbonyl (C=O) groups excluding carboxylic acids is 1. The van der Waals surface area contributed by atoms with Crippen molar-refractivity contribution in [3.8, 4) is 5.75 Å². The smallest absolute Gasteiger partial charge is 0.242 e. The van der Waals surface area contributed by atoms with Crippen LogP contribution in [0, 0.1) is 0 Å². The SMILES string of the molecule is CCOc1ccc(S(=O)(=O)N[C@H](C)C(=O)Nc2cc(Cl)ccc2Cl)cc1. The first-order chi connectivity index (χ1) is 12.2. The first kappa shape index (κ1) is 20.5. The number of carbonyl (C=O) groups is 1. The summed E-state index contributed by atoms with van der Waals surface area (Å²) in [6, 6.07) is 9.49. The van der Waals surface area contributed by atoms with Crippen molar-refractivity contribution in [2.45, 2.75) is 24.8 Å². The molecule has 0 aliphatic carbocycles. The fraction of sp³-hybridized carbons (Fsp3) is 0.235. The van der Waals surface area contributed by atoms with Crippen LogP contribution >= 0.6 is 23.2 Å². The summed E-state index contributed by atoms with van der Waals surface area (Å²) in [6.07, 6.45) is 0. The Labute approximate surface area is 162 Å². The van der Waals surface area contributed by atoms with Crippen LogP contribution in [0.5, 0.6) is 5.75 Å². The van der Waals surface area contributed by atoms with E-state index in [1.165, 1.54) is 31.2 Å². The van der Waals surface area contributed by atoms with Crippen LogP contribution in [-0.2, 0) is 14.8 Å². The highest BCUT2D eigenvalue weighted by Gasteiger charge is 2.22. The van der Waals surface area contributed by atoms with Crippen LogP contribution in [0.2, 0.25) is 10.0 Å². The standard InChI is InChI=1S/C17H18Cl2N2O4S/c1-3-25-13-5-7-14(8-6-13)26(23,24)21-11(2)17(22)20-16-10-12(18)4-9-15(16)19/h4-11,21H,3H2,1-2H3,(H,20,22)/t11-/m1/s1. The molecule has 6 nitrogen and oxygen atoms in total. The molecule has 0 heterocycles. The maximum absolute atomic E-state index is 12.4. The molecule has 0 unspecified atom stereocenters. The number of sulfonamides is 1. The van der Waals surface area contributed by atoms with Gasteiger partial charge in [-0.15, -0.1) is 0 Å². The van der Waals surface area contributed by atoms with Gasteiger partial charge >= 0.3 is 0 Å². The Kier molecular flexibility index (Phi) is 6.88. The van der Waals surface area contributed by atoms with Gasteiger partial charge in [0.2, 0.25) is 15.9 Å². The molecule has 2 N–H and O–H groups in total. The zero-order valence-corrected chi connectivity index (χ0v) is 16.5. The van der Waals surface area contributed by atoms with Crippen molar-refractivity contribution in [2.24, 2.45) is 0 Å². The van der Waals surface area contributed by atoms with E-state index in [2.05, 4.69) is 10.0 Å². The molecule has 2 rings (SSSR count). The zero-order chi connectivity index (χ0) is 19.3. The van der Waals surface area contributed by atoms with Gasteiger partial charge in [0.15, 0.2) is 0 Å². The monoisotopic (exact) mass is 416 g/mol. The molecule has 0 fully saturated rings. The molecule has 9 heteroatoms. The molecule has 1 atom stereocenters. The lowest BCUT2D eigenvalue weighted by atomic mass is 10.3. The topological polar surface area (TPSA) is 84.5 Å². The normalized spacial score (nSPS) is 12.5. The quantitative estimate of drug-likeness (QED) is 0.720. The molecule has 0 aliphatic heterocycles. The maximum Gasteiger partial charge on any atom is 0.242 e. The van der Waals surface area contributed by atoms with E-state index in [1.807, 2.05) is 6.92 Å². The summed E-state index contributed by atoms with van der Waals surface area (Å²) in [5, 5.41) is 3.24. The lowest BCUT2D eigenvalue weighted by Gasteiger charge is -2.15. The van der Waals surface area contributed by atoms with Crippen molar-refractivity contribution < 1.29 is 17.9 Å². The predicted molar refractivity (Wildman–Crippen MR) is 102 cm³/mol. The van der Waals surface area contributed by atoms with Gasteiger partial charge in [0.1, 0.15) is 5.75 Å². The molecule has 0 aromatic heterocycles. The third-order valence-electron chi connectivity index (χ3n) is 3.36. The van der Waals surface area contributed by atoms with Crippen molar-refractivity contribution in [1.82, 2.24) is 4.72 Å². The summed E-state index contributed by atoms with van der Waals surface area (Å²) < 4.78 is 32.4. The summed E-state index contributed by atoms with van der Waals surface area (Å²) in [5.74, 6) is -0.00322. The van der Waals surface area contributed by atoms with Crippen molar-refractivity contribution in [3.05, 3.63) is 52.5 Å². The summed E-state index contributed by atoms with van der Waals surface area (Å²) in [7, 11) is -3.87. The number of ether oxygens (including phenoxy) is 1. The van der Waals surface area contributed by atoms with E-state index < -0.39 is 22.0 Å². The van der Waals surface area contributed by atoms with Gasteiger partial charge in [0.25, 0.3) is 0 Å². The van der Waals surface area contributed by atoms with Crippen LogP contribution in [0.15, 0.2) is 47.4 Å². The Bertz CT molecular complexity index is 886. The Balaban J connectivity index is 2.08. The van der Waals surface area contributed by atoms with E-state index in [9.17, 15) is 13.2 Å². The number of benzene rings is 2. The molecular weight excluding hydrogens is 399 g/mol. The van der Waals surface area contributed by atoms with Gasteiger partial charge in [-0.1, -0.05) is 23.2 Å². The summed E-state index contributed by atoms with van der Waals surface area (Å²) in [4.78, 5) is 12.3. The second kappa shape index (κ2) is 8.73. The van der Waals surface area contributed by atoms with E-state index >= 15 is 0 Å². The first-order valence-electron chi connectivity index (χ1n) is 7.74. The molecule has 0 bridgehead atoms. The van der Waals surface area contributed by atoms with E-state index in [0.29, 0.717) is 28.1 Å². The second-order valence-electron chi connectivity index (χ2n) is 5.36. The number of hydrogen-bond donors (Lipinski definition) is 2. The van der Waals surface area contributed by atoms with Crippen molar-refractivity contribution in [2.75, 3.05) is 11.9 Å². The van der Waals surface area contributed by atoms with Gasteiger partial charge < -0.3 is 10.1 Å². The van der Waals surface area contributed by atoms with Crippen molar-refractivity contribution in [3.63, 3.8) is 0 Å². The number of halogens is 2. The molecule has 26 heavy (non-hydrogen) atoms. The Morgan fingerprint density at radius 3 is 2.42 bits per heavy atom. The first-order valence-corrected chi connectivity index (χ1v) is 9.98. The average molecular weight is 417 g/mol. The van der Waals surface area contributed by atoms with Crippen LogP contribution in [0.4, 0.5) is 5.69 Å². The third-order valence-corrected chi connectivity index (χ3v) is 5.48. The molecule has 1 amide bonds. The molecule has 0 saturated heterocycles. The minimum Gasteiger partial charge on any atom is -0.494 e.